The Morgan fingerprint density at radius 3 is 2.53 bits per heavy atom. The summed E-state index contributed by atoms with van der Waals surface area (Å²) in [7, 11) is 0. The molecule has 1 amide bonds. The summed E-state index contributed by atoms with van der Waals surface area (Å²) in [5.74, 6) is -1.43. The smallest absolute Gasteiger partial charge is 0.230 e. The van der Waals surface area contributed by atoms with Gasteiger partial charge in [0.05, 0.1) is 5.92 Å². The van der Waals surface area contributed by atoms with Crippen LogP contribution >= 0.6 is 0 Å². The molecule has 2 unspecified atom stereocenters. The number of nitrogens with one attached hydrogen (secondary N) is 1. The first-order chi connectivity index (χ1) is 8.93. The molecular weight excluding hydrogens is 249 g/mol. The lowest BCUT2D eigenvalue weighted by Crippen LogP contribution is -2.42. The molecule has 1 rings (SSSR count). The number of nitrogens with two attached hydrogens (primary N) is 1. The monoisotopic (exact) mass is 267 g/mol. The predicted molar refractivity (Wildman–Crippen MR) is 70.3 cm³/mol. The molecule has 0 saturated heterocycles. The maximum absolute atomic E-state index is 12.7. The predicted octanol–water partition coefficient (Wildman–Crippen LogP) is 1.26. The molecule has 2 atom stereocenters. The van der Waals surface area contributed by atoms with Gasteiger partial charge in [0.1, 0.15) is 5.82 Å². The summed E-state index contributed by atoms with van der Waals surface area (Å²) in [6, 6.07) is 5.97. The standard InChI is InChI=1S/C13H18FN3O2/c1-8(7-10-3-5-11(14)6-4-10)16-13(18)9(2)12(15)17-19/h3-6,8-9,19H,7H2,1-2H3,(H2,15,17)(H,16,18). The van der Waals surface area contributed by atoms with E-state index in [0.29, 0.717) is 6.42 Å². The molecule has 19 heavy (non-hydrogen) atoms. The molecule has 0 spiro atoms. The summed E-state index contributed by atoms with van der Waals surface area (Å²) in [5.41, 5.74) is 6.28. The second-order valence-corrected chi connectivity index (χ2v) is 4.49. The molecule has 0 aliphatic rings. The number of nitrogens with zero attached hydrogens (tertiary/aromatic N) is 1. The Balaban J connectivity index is 2.53. The fourth-order valence-electron chi connectivity index (χ4n) is 1.61. The molecule has 0 aromatic heterocycles. The van der Waals surface area contributed by atoms with E-state index in [4.69, 9.17) is 10.9 Å². The summed E-state index contributed by atoms with van der Waals surface area (Å²) in [5, 5.41) is 14.1. The number of rotatable bonds is 5. The second-order valence-electron chi connectivity index (χ2n) is 4.49. The van der Waals surface area contributed by atoms with Crippen molar-refractivity contribution < 1.29 is 14.4 Å². The highest BCUT2D eigenvalue weighted by molar-refractivity contribution is 6.01. The first kappa shape index (κ1) is 14.9. The van der Waals surface area contributed by atoms with Gasteiger partial charge in [-0.1, -0.05) is 17.3 Å². The summed E-state index contributed by atoms with van der Waals surface area (Å²) < 4.78 is 12.7. The van der Waals surface area contributed by atoms with Crippen LogP contribution in [0, 0.1) is 11.7 Å². The lowest BCUT2D eigenvalue weighted by molar-refractivity contribution is -0.123. The van der Waals surface area contributed by atoms with Gasteiger partial charge in [0, 0.05) is 6.04 Å². The van der Waals surface area contributed by atoms with Gasteiger partial charge in [-0.2, -0.15) is 0 Å². The van der Waals surface area contributed by atoms with Crippen LogP contribution in [0.1, 0.15) is 19.4 Å². The van der Waals surface area contributed by atoms with Gasteiger partial charge in [-0.25, -0.2) is 4.39 Å². The van der Waals surface area contributed by atoms with Crippen molar-refractivity contribution in [2.24, 2.45) is 16.8 Å². The van der Waals surface area contributed by atoms with E-state index >= 15 is 0 Å². The maximum atomic E-state index is 12.7. The van der Waals surface area contributed by atoms with Crippen molar-refractivity contribution in [3.63, 3.8) is 0 Å². The van der Waals surface area contributed by atoms with Gasteiger partial charge in [0.25, 0.3) is 0 Å². The van der Waals surface area contributed by atoms with Crippen LogP contribution in [0.4, 0.5) is 4.39 Å². The average Bonchev–Trinajstić information content (AvgIpc) is 2.39. The highest BCUT2D eigenvalue weighted by atomic mass is 19.1. The molecule has 5 nitrogen and oxygen atoms in total. The van der Waals surface area contributed by atoms with E-state index in [-0.39, 0.29) is 23.6 Å². The number of hydrogen-bond donors (Lipinski definition) is 3. The van der Waals surface area contributed by atoms with E-state index in [2.05, 4.69) is 10.5 Å². The van der Waals surface area contributed by atoms with E-state index in [9.17, 15) is 9.18 Å². The Bertz CT molecular complexity index is 459. The third kappa shape index (κ3) is 4.57. The van der Waals surface area contributed by atoms with Gasteiger partial charge < -0.3 is 16.3 Å². The van der Waals surface area contributed by atoms with Gasteiger partial charge in [-0.15, -0.1) is 0 Å². The Morgan fingerprint density at radius 1 is 1.42 bits per heavy atom. The van der Waals surface area contributed by atoms with Crippen LogP contribution in [-0.2, 0) is 11.2 Å². The highest BCUT2D eigenvalue weighted by Gasteiger charge is 2.19. The van der Waals surface area contributed by atoms with Crippen LogP contribution in [0.2, 0.25) is 0 Å². The zero-order valence-electron chi connectivity index (χ0n) is 10.9. The van der Waals surface area contributed by atoms with Crippen LogP contribution in [0.25, 0.3) is 0 Å². The van der Waals surface area contributed by atoms with Gasteiger partial charge in [-0.05, 0) is 38.0 Å². The number of hydrogen-bond acceptors (Lipinski definition) is 3. The average molecular weight is 267 g/mol. The quantitative estimate of drug-likeness (QED) is 0.325. The minimum absolute atomic E-state index is 0.132. The lowest BCUT2D eigenvalue weighted by atomic mass is 10.1. The summed E-state index contributed by atoms with van der Waals surface area (Å²) in [6.45, 7) is 3.38. The van der Waals surface area contributed by atoms with Crippen molar-refractivity contribution in [3.05, 3.63) is 35.6 Å². The molecule has 1 aromatic rings. The van der Waals surface area contributed by atoms with Gasteiger partial charge in [0.15, 0.2) is 5.84 Å². The molecule has 0 heterocycles. The number of amidine groups is 1. The van der Waals surface area contributed by atoms with Gasteiger partial charge >= 0.3 is 0 Å². The zero-order valence-corrected chi connectivity index (χ0v) is 10.9. The van der Waals surface area contributed by atoms with Crippen molar-refractivity contribution in [2.45, 2.75) is 26.3 Å². The van der Waals surface area contributed by atoms with E-state index in [1.807, 2.05) is 6.92 Å². The first-order valence-electron chi connectivity index (χ1n) is 5.96. The second kappa shape index (κ2) is 6.72. The molecule has 0 bridgehead atoms. The SMILES string of the molecule is CC(Cc1ccc(F)cc1)NC(=O)C(C)C(N)=NO. The molecule has 6 heteroatoms. The fourth-order valence-corrected chi connectivity index (χ4v) is 1.61. The van der Waals surface area contributed by atoms with Crippen molar-refractivity contribution in [1.29, 1.82) is 0 Å². The van der Waals surface area contributed by atoms with Crippen molar-refractivity contribution in [1.82, 2.24) is 5.32 Å². The number of carbonyl (C=O) groups excluding carboxylic acids is 1. The highest BCUT2D eigenvalue weighted by Crippen LogP contribution is 2.06. The number of halogens is 1. The van der Waals surface area contributed by atoms with Crippen LogP contribution < -0.4 is 11.1 Å². The molecule has 4 N–H and O–H groups in total. The topological polar surface area (TPSA) is 87.7 Å². The number of amides is 1. The van der Waals surface area contributed by atoms with Crippen LogP contribution in [-0.4, -0.2) is 23.0 Å². The first-order valence-corrected chi connectivity index (χ1v) is 5.96. The van der Waals surface area contributed by atoms with Crippen molar-refractivity contribution in [2.75, 3.05) is 0 Å². The minimum Gasteiger partial charge on any atom is -0.409 e. The molecule has 0 aliphatic carbocycles. The van der Waals surface area contributed by atoms with Crippen LogP contribution in [0.3, 0.4) is 0 Å². The van der Waals surface area contributed by atoms with Crippen LogP contribution in [0.15, 0.2) is 29.4 Å². The van der Waals surface area contributed by atoms with E-state index < -0.39 is 5.92 Å². The van der Waals surface area contributed by atoms with Crippen LogP contribution in [0.5, 0.6) is 0 Å². The molecule has 0 saturated carbocycles. The lowest BCUT2D eigenvalue weighted by Gasteiger charge is -2.17. The Labute approximate surface area is 111 Å². The third-order valence-corrected chi connectivity index (χ3v) is 2.80. The minimum atomic E-state index is -0.694. The van der Waals surface area contributed by atoms with Crippen molar-refractivity contribution in [3.8, 4) is 0 Å². The van der Waals surface area contributed by atoms with Gasteiger partial charge in [-0.3, -0.25) is 4.79 Å². The zero-order chi connectivity index (χ0) is 14.4. The Hall–Kier alpha value is -2.11. The molecular formula is C13H18FN3O2. The summed E-state index contributed by atoms with van der Waals surface area (Å²) in [4.78, 5) is 11.8. The molecule has 0 fully saturated rings. The molecule has 0 aliphatic heterocycles. The normalized spacial score (nSPS) is 14.8. The van der Waals surface area contributed by atoms with Gasteiger partial charge in [0.2, 0.25) is 5.91 Å². The number of carbonyl (C=O) groups is 1. The van der Waals surface area contributed by atoms with E-state index in [0.717, 1.165) is 5.56 Å². The van der Waals surface area contributed by atoms with E-state index in [1.165, 1.54) is 12.1 Å². The number of benzene rings is 1. The van der Waals surface area contributed by atoms with E-state index in [1.54, 1.807) is 19.1 Å². The fraction of sp³-hybridized carbons (Fsp3) is 0.385. The Morgan fingerprint density at radius 2 is 2.00 bits per heavy atom. The number of oxime groups is 1. The van der Waals surface area contributed by atoms with Crippen molar-refractivity contribution >= 4 is 11.7 Å². The molecule has 0 radical (unpaired) electrons. The Kier molecular flexibility index (Phi) is 5.29. The maximum Gasteiger partial charge on any atom is 0.230 e. The summed E-state index contributed by atoms with van der Waals surface area (Å²) in [6.07, 6.45) is 0.578. The largest absolute Gasteiger partial charge is 0.409 e. The molecule has 1 aromatic carbocycles. The summed E-state index contributed by atoms with van der Waals surface area (Å²) >= 11 is 0. The molecule has 104 valence electrons. The third-order valence-electron chi connectivity index (χ3n) is 2.80.